The van der Waals surface area contributed by atoms with E-state index in [1.807, 2.05) is 32.9 Å². The lowest BCUT2D eigenvalue weighted by Crippen LogP contribution is -2.36. The summed E-state index contributed by atoms with van der Waals surface area (Å²) in [7, 11) is 0. The van der Waals surface area contributed by atoms with Crippen molar-refractivity contribution in [2.75, 3.05) is 24.6 Å². The lowest BCUT2D eigenvalue weighted by atomic mass is 9.97. The van der Waals surface area contributed by atoms with Crippen LogP contribution >= 0.6 is 11.3 Å². The van der Waals surface area contributed by atoms with Crippen LogP contribution in [0, 0.1) is 33.6 Å². The van der Waals surface area contributed by atoms with Gasteiger partial charge in [0.15, 0.2) is 0 Å². The molecule has 0 spiro atoms. The second-order valence-electron chi connectivity index (χ2n) is 7.55. The van der Waals surface area contributed by atoms with Crippen LogP contribution in [0.3, 0.4) is 0 Å². The van der Waals surface area contributed by atoms with Gasteiger partial charge in [0.2, 0.25) is 5.88 Å². The van der Waals surface area contributed by atoms with E-state index in [-0.39, 0.29) is 0 Å². The van der Waals surface area contributed by atoms with E-state index in [1.54, 1.807) is 17.7 Å². The van der Waals surface area contributed by atoms with Gasteiger partial charge in [-0.2, -0.15) is 0 Å². The fourth-order valence-electron chi connectivity index (χ4n) is 3.65. The summed E-state index contributed by atoms with van der Waals surface area (Å²) in [6, 6.07) is 3.87. The van der Waals surface area contributed by atoms with Crippen molar-refractivity contribution in [3.63, 3.8) is 0 Å². The summed E-state index contributed by atoms with van der Waals surface area (Å²) in [6.07, 6.45) is 3.81. The topological polar surface area (TPSA) is 76.9 Å². The van der Waals surface area contributed by atoms with Crippen molar-refractivity contribution >= 4 is 17.2 Å². The Morgan fingerprint density at radius 1 is 1.03 bits per heavy atom. The van der Waals surface area contributed by atoms with Crippen LogP contribution in [0.2, 0.25) is 0 Å². The molecule has 29 heavy (non-hydrogen) atoms. The highest BCUT2D eigenvalue weighted by molar-refractivity contribution is 7.15. The van der Waals surface area contributed by atoms with Gasteiger partial charge in [0.1, 0.15) is 17.8 Å². The molecule has 3 aromatic rings. The maximum atomic E-state index is 5.93. The number of ether oxygens (including phenoxy) is 1. The summed E-state index contributed by atoms with van der Waals surface area (Å²) < 4.78 is 5.93. The van der Waals surface area contributed by atoms with Gasteiger partial charge in [0, 0.05) is 30.4 Å². The highest BCUT2D eigenvalue weighted by atomic mass is 32.1. The van der Waals surface area contributed by atoms with Crippen LogP contribution in [0.25, 0.3) is 10.6 Å². The molecular weight excluding hydrogens is 384 g/mol. The molecule has 0 saturated carbocycles. The first-order valence-corrected chi connectivity index (χ1v) is 10.8. The van der Waals surface area contributed by atoms with E-state index < -0.39 is 0 Å². The van der Waals surface area contributed by atoms with Crippen LogP contribution in [-0.2, 0) is 0 Å². The quantitative estimate of drug-likeness (QED) is 0.631. The third kappa shape index (κ3) is 4.37. The zero-order valence-corrected chi connectivity index (χ0v) is 18.2. The second-order valence-corrected chi connectivity index (χ2v) is 8.76. The van der Waals surface area contributed by atoms with Gasteiger partial charge in [-0.3, -0.25) is 0 Å². The Hall–Kier alpha value is -2.61. The molecule has 7 nitrogen and oxygen atoms in total. The Morgan fingerprint density at radius 3 is 2.48 bits per heavy atom. The molecule has 4 rings (SSSR count). The average molecular weight is 411 g/mol. The SMILES string of the molecule is Cc1nc(C)c(-c2ccc(OCC3CCN(c4ncnc(C)c4C)CC3)nn2)s1. The van der Waals surface area contributed by atoms with Crippen LogP contribution in [0.5, 0.6) is 5.88 Å². The Labute approximate surface area is 175 Å². The van der Waals surface area contributed by atoms with Gasteiger partial charge in [-0.15, -0.1) is 21.5 Å². The lowest BCUT2D eigenvalue weighted by Gasteiger charge is -2.33. The van der Waals surface area contributed by atoms with Gasteiger partial charge in [0.05, 0.1) is 22.2 Å². The van der Waals surface area contributed by atoms with E-state index in [0.717, 1.165) is 58.7 Å². The minimum atomic E-state index is 0.516. The summed E-state index contributed by atoms with van der Waals surface area (Å²) in [5.74, 6) is 2.16. The molecule has 152 valence electrons. The molecule has 0 aromatic carbocycles. The number of thiazole rings is 1. The van der Waals surface area contributed by atoms with Crippen LogP contribution in [-0.4, -0.2) is 44.8 Å². The van der Waals surface area contributed by atoms with E-state index >= 15 is 0 Å². The Morgan fingerprint density at radius 2 is 1.83 bits per heavy atom. The van der Waals surface area contributed by atoms with Crippen molar-refractivity contribution < 1.29 is 4.74 Å². The molecule has 0 radical (unpaired) electrons. The van der Waals surface area contributed by atoms with Crippen LogP contribution < -0.4 is 9.64 Å². The zero-order chi connectivity index (χ0) is 20.4. The second kappa shape index (κ2) is 8.41. The molecule has 0 unspecified atom stereocenters. The van der Waals surface area contributed by atoms with Crippen molar-refractivity contribution in [2.45, 2.75) is 40.5 Å². The number of rotatable bonds is 5. The Balaban J connectivity index is 1.30. The maximum absolute atomic E-state index is 5.93. The number of aryl methyl sites for hydroxylation is 3. The third-order valence-electron chi connectivity index (χ3n) is 5.47. The predicted molar refractivity (Wildman–Crippen MR) is 115 cm³/mol. The minimum absolute atomic E-state index is 0.516. The fourth-order valence-corrected chi connectivity index (χ4v) is 4.53. The number of piperidine rings is 1. The molecule has 3 aromatic heterocycles. The first-order chi connectivity index (χ1) is 14.0. The fraction of sp³-hybridized carbons (Fsp3) is 0.476. The molecule has 8 heteroatoms. The van der Waals surface area contributed by atoms with Gasteiger partial charge in [-0.05, 0) is 52.5 Å². The normalized spacial score (nSPS) is 15.0. The molecule has 4 heterocycles. The number of aromatic nitrogens is 5. The first-order valence-electron chi connectivity index (χ1n) is 9.95. The summed E-state index contributed by atoms with van der Waals surface area (Å²) in [6.45, 7) is 10.8. The molecule has 1 saturated heterocycles. The lowest BCUT2D eigenvalue weighted by molar-refractivity contribution is 0.214. The smallest absolute Gasteiger partial charge is 0.233 e. The van der Waals surface area contributed by atoms with Gasteiger partial charge in [-0.1, -0.05) is 0 Å². The standard InChI is InChI=1S/C21H26N6OS/c1-13-14(2)22-12-23-21(13)27-9-7-17(8-10-27)11-28-19-6-5-18(25-26-19)20-15(3)24-16(4)29-20/h5-6,12,17H,7-11H2,1-4H3. The van der Waals surface area contributed by atoms with Gasteiger partial charge >= 0.3 is 0 Å². The van der Waals surface area contributed by atoms with Crippen molar-refractivity contribution in [1.29, 1.82) is 0 Å². The molecule has 1 fully saturated rings. The summed E-state index contributed by atoms with van der Waals surface area (Å²) in [4.78, 5) is 16.6. The van der Waals surface area contributed by atoms with E-state index in [1.165, 1.54) is 5.56 Å². The molecule has 0 amide bonds. The van der Waals surface area contributed by atoms with Crippen molar-refractivity contribution in [2.24, 2.45) is 5.92 Å². The number of nitrogens with zero attached hydrogens (tertiary/aromatic N) is 6. The van der Waals surface area contributed by atoms with E-state index in [4.69, 9.17) is 4.74 Å². The van der Waals surface area contributed by atoms with Gasteiger partial charge in [0.25, 0.3) is 0 Å². The van der Waals surface area contributed by atoms with Crippen LogP contribution in [0.1, 0.15) is 34.8 Å². The Kier molecular flexibility index (Phi) is 5.71. The zero-order valence-electron chi connectivity index (χ0n) is 17.3. The van der Waals surface area contributed by atoms with E-state index in [2.05, 4.69) is 37.0 Å². The molecule has 0 aliphatic carbocycles. The molecule has 1 aliphatic rings. The molecule has 0 bridgehead atoms. The number of hydrogen-bond acceptors (Lipinski definition) is 8. The molecular formula is C21H26N6OS. The van der Waals surface area contributed by atoms with Gasteiger partial charge < -0.3 is 9.64 Å². The molecule has 0 atom stereocenters. The molecule has 1 aliphatic heterocycles. The van der Waals surface area contributed by atoms with Gasteiger partial charge in [-0.25, -0.2) is 15.0 Å². The number of hydrogen-bond donors (Lipinski definition) is 0. The van der Waals surface area contributed by atoms with E-state index in [0.29, 0.717) is 18.4 Å². The minimum Gasteiger partial charge on any atom is -0.476 e. The Bertz CT molecular complexity index is 979. The summed E-state index contributed by atoms with van der Waals surface area (Å²) >= 11 is 1.64. The van der Waals surface area contributed by atoms with Crippen molar-refractivity contribution in [3.8, 4) is 16.5 Å². The monoisotopic (exact) mass is 410 g/mol. The first kappa shape index (κ1) is 19.7. The van der Waals surface area contributed by atoms with Crippen LogP contribution in [0.15, 0.2) is 18.5 Å². The van der Waals surface area contributed by atoms with E-state index in [9.17, 15) is 0 Å². The molecule has 0 N–H and O–H groups in total. The highest BCUT2D eigenvalue weighted by Gasteiger charge is 2.22. The highest BCUT2D eigenvalue weighted by Crippen LogP contribution is 2.29. The van der Waals surface area contributed by atoms with Crippen LogP contribution in [0.4, 0.5) is 5.82 Å². The third-order valence-corrected chi connectivity index (χ3v) is 6.56. The summed E-state index contributed by atoms with van der Waals surface area (Å²) in [5, 5.41) is 9.62. The number of anilines is 1. The summed E-state index contributed by atoms with van der Waals surface area (Å²) in [5.41, 5.74) is 4.07. The average Bonchev–Trinajstić information content (AvgIpc) is 3.07. The predicted octanol–water partition coefficient (Wildman–Crippen LogP) is 3.92. The largest absolute Gasteiger partial charge is 0.476 e. The van der Waals surface area contributed by atoms with Crippen molar-refractivity contribution in [3.05, 3.63) is 40.4 Å². The maximum Gasteiger partial charge on any atom is 0.233 e. The van der Waals surface area contributed by atoms with Crippen molar-refractivity contribution in [1.82, 2.24) is 25.1 Å².